The number of hydrogen-bond donors (Lipinski definition) is 0. The summed E-state index contributed by atoms with van der Waals surface area (Å²) in [6.45, 7) is 4.84. The first-order valence-electron chi connectivity index (χ1n) is 28.0. The van der Waals surface area contributed by atoms with Crippen LogP contribution >= 0.6 is 0 Å². The van der Waals surface area contributed by atoms with Gasteiger partial charge in [0, 0.05) is 45.0 Å². The molecular weight excluding hydrogens is 917 g/mol. The highest BCUT2D eigenvalue weighted by Gasteiger charge is 2.41. The molecule has 0 N–H and O–H groups in total. The van der Waals surface area contributed by atoms with Crippen molar-refractivity contribution in [2.24, 2.45) is 11.8 Å². The number of anilines is 6. The smallest absolute Gasteiger partial charge is 0.0618 e. The van der Waals surface area contributed by atoms with Gasteiger partial charge in [-0.05, 0) is 184 Å². The minimum atomic E-state index is -0.227. The Bertz CT molecular complexity index is 3690. The first-order chi connectivity index (χ1) is 37.4. The third kappa shape index (κ3) is 8.18. The molecule has 0 heterocycles. The monoisotopic (exact) mass is 981 g/mol. The lowest BCUT2D eigenvalue weighted by Gasteiger charge is -2.34. The van der Waals surface area contributed by atoms with E-state index >= 15 is 0 Å². The minimum Gasteiger partial charge on any atom is -0.310 e. The quantitative estimate of drug-likeness (QED) is 0.135. The highest BCUT2D eigenvalue weighted by Crippen LogP contribution is 2.56. The Morgan fingerprint density at radius 1 is 0.382 bits per heavy atom. The van der Waals surface area contributed by atoms with Gasteiger partial charge in [-0.1, -0.05) is 208 Å². The summed E-state index contributed by atoms with van der Waals surface area (Å²) in [4.78, 5) is 5.18. The van der Waals surface area contributed by atoms with Crippen LogP contribution in [0.15, 0.2) is 237 Å². The SMILES string of the molecule is CC1(C)c2cc(N(c3cc4ccc3CCc3ccc(c(N(c5ccccc5)c5ccc(C6CC7CCC6C7)cc5)c3)CC4)c3c(-c4ccccc4)cccc3-c3ccccc3)ccc2-c2c(-c3ccccc3)cccc21. The standard InChI is InChI=1S/C74H64N2/c1-74(2)68-28-16-25-63(53-17-7-3-8-18-53)72(68)66-44-43-62(49-69(66)74)76(73-64(54-19-9-4-10-20-54)26-15-27-65(73)55-21-11-5-12-22-55)71-48-51-30-35-57-34-29-50(31-36-58(71)37-32-51)47-70(57)75(60-23-13-6-14-24-60)61-41-39-56(40-42-61)67-46-52-33-38-59(67)45-52/h3-29,32,34,37,39-44,47-49,52,59,67H,30-31,33,35-36,38,45-46H2,1-2H3. The van der Waals surface area contributed by atoms with Crippen LogP contribution < -0.4 is 9.80 Å². The van der Waals surface area contributed by atoms with Crippen LogP contribution in [0.1, 0.15) is 84.4 Å². The van der Waals surface area contributed by atoms with E-state index in [9.17, 15) is 0 Å². The van der Waals surface area contributed by atoms with Crippen molar-refractivity contribution in [1.82, 2.24) is 0 Å². The van der Waals surface area contributed by atoms with Gasteiger partial charge in [-0.3, -0.25) is 0 Å². The lowest BCUT2D eigenvalue weighted by molar-refractivity contribution is 0.420. The molecule has 370 valence electrons. The molecule has 0 amide bonds. The van der Waals surface area contributed by atoms with Gasteiger partial charge < -0.3 is 9.80 Å². The summed E-state index contributed by atoms with van der Waals surface area (Å²) in [7, 11) is 0. The van der Waals surface area contributed by atoms with E-state index < -0.39 is 0 Å². The predicted octanol–water partition coefficient (Wildman–Crippen LogP) is 19.7. The molecule has 3 atom stereocenters. The van der Waals surface area contributed by atoms with Crippen molar-refractivity contribution < 1.29 is 0 Å². The Morgan fingerprint density at radius 2 is 0.908 bits per heavy atom. The second kappa shape index (κ2) is 19.2. The van der Waals surface area contributed by atoms with E-state index in [1.165, 1.54) is 143 Å². The van der Waals surface area contributed by atoms with E-state index in [4.69, 9.17) is 0 Å². The maximum atomic E-state index is 2.65. The van der Waals surface area contributed by atoms with Crippen LogP contribution in [-0.2, 0) is 31.1 Å². The summed E-state index contributed by atoms with van der Waals surface area (Å²) in [5.41, 5.74) is 26.8. The largest absolute Gasteiger partial charge is 0.310 e. The highest BCUT2D eigenvalue weighted by atomic mass is 15.2. The summed E-state index contributed by atoms with van der Waals surface area (Å²) < 4.78 is 0. The predicted molar refractivity (Wildman–Crippen MR) is 319 cm³/mol. The first-order valence-corrected chi connectivity index (χ1v) is 28.0. The highest BCUT2D eigenvalue weighted by molar-refractivity contribution is 6.00. The van der Waals surface area contributed by atoms with Gasteiger partial charge in [0.05, 0.1) is 5.69 Å². The molecule has 7 aliphatic carbocycles. The zero-order valence-corrected chi connectivity index (χ0v) is 43.8. The molecule has 2 saturated carbocycles. The van der Waals surface area contributed by atoms with Crippen molar-refractivity contribution in [3.8, 4) is 44.5 Å². The average Bonchev–Trinajstić information content (AvgIpc) is 4.30. The Labute approximate surface area is 450 Å². The zero-order chi connectivity index (χ0) is 50.7. The number of nitrogens with zero attached hydrogens (tertiary/aromatic N) is 2. The van der Waals surface area contributed by atoms with Crippen LogP contribution in [0, 0.1) is 11.8 Å². The number of para-hydroxylation sites is 2. The molecule has 17 rings (SSSR count). The minimum absolute atomic E-state index is 0.227. The molecule has 2 fully saturated rings. The van der Waals surface area contributed by atoms with Gasteiger partial charge in [0.1, 0.15) is 0 Å². The topological polar surface area (TPSA) is 6.48 Å². The fraction of sp³-hybridized carbons (Fsp3) is 0.189. The van der Waals surface area contributed by atoms with Crippen LogP contribution in [0.4, 0.5) is 34.1 Å². The average molecular weight is 981 g/mol. The summed E-state index contributed by atoms with van der Waals surface area (Å²) in [6.07, 6.45) is 9.22. The van der Waals surface area contributed by atoms with Crippen molar-refractivity contribution in [2.75, 3.05) is 9.80 Å². The van der Waals surface area contributed by atoms with Gasteiger partial charge in [0.15, 0.2) is 0 Å². The van der Waals surface area contributed by atoms with Crippen LogP contribution in [0.3, 0.4) is 0 Å². The summed E-state index contributed by atoms with van der Waals surface area (Å²) in [5.74, 6) is 2.51. The van der Waals surface area contributed by atoms with Gasteiger partial charge in [-0.15, -0.1) is 0 Å². The van der Waals surface area contributed by atoms with Gasteiger partial charge >= 0.3 is 0 Å². The molecule has 7 aliphatic rings. The number of hydrogen-bond acceptors (Lipinski definition) is 2. The summed E-state index contributed by atoms with van der Waals surface area (Å²) in [5, 5.41) is 0. The maximum Gasteiger partial charge on any atom is 0.0618 e. The number of fused-ring (bicyclic) bond motifs is 5. The van der Waals surface area contributed by atoms with E-state index in [1.54, 1.807) is 0 Å². The van der Waals surface area contributed by atoms with Crippen LogP contribution in [-0.4, -0.2) is 0 Å². The van der Waals surface area contributed by atoms with Crippen molar-refractivity contribution in [1.29, 1.82) is 0 Å². The Morgan fingerprint density at radius 3 is 1.49 bits per heavy atom. The van der Waals surface area contributed by atoms with Gasteiger partial charge in [-0.2, -0.15) is 0 Å². The van der Waals surface area contributed by atoms with Crippen LogP contribution in [0.25, 0.3) is 44.5 Å². The molecule has 10 aromatic carbocycles. The second-order valence-corrected chi connectivity index (χ2v) is 22.7. The van der Waals surface area contributed by atoms with Gasteiger partial charge in [0.2, 0.25) is 0 Å². The molecule has 6 bridgehead atoms. The lowest BCUT2D eigenvalue weighted by Crippen LogP contribution is -2.18. The van der Waals surface area contributed by atoms with E-state index in [1.807, 2.05) is 0 Å². The lowest BCUT2D eigenvalue weighted by atomic mass is 9.81. The molecule has 10 aromatic rings. The van der Waals surface area contributed by atoms with Gasteiger partial charge in [0.25, 0.3) is 0 Å². The third-order valence-electron chi connectivity index (χ3n) is 17.9. The number of rotatable bonds is 10. The maximum absolute atomic E-state index is 2.65. The fourth-order valence-corrected chi connectivity index (χ4v) is 14.1. The Balaban J connectivity index is 0.916. The van der Waals surface area contributed by atoms with E-state index in [-0.39, 0.29) is 5.41 Å². The van der Waals surface area contributed by atoms with E-state index in [0.29, 0.717) is 5.92 Å². The Hall–Kier alpha value is -8.20. The molecule has 3 unspecified atom stereocenters. The fourth-order valence-electron chi connectivity index (χ4n) is 14.1. The third-order valence-corrected chi connectivity index (χ3v) is 17.9. The Kier molecular flexibility index (Phi) is 11.7. The molecular formula is C74H64N2. The van der Waals surface area contributed by atoms with Gasteiger partial charge in [-0.25, -0.2) is 0 Å². The molecule has 76 heavy (non-hydrogen) atoms. The molecule has 0 spiro atoms. The molecule has 2 nitrogen and oxygen atoms in total. The van der Waals surface area contributed by atoms with E-state index in [2.05, 4.69) is 260 Å². The zero-order valence-electron chi connectivity index (χ0n) is 43.8. The number of aryl methyl sites for hydroxylation is 4. The normalized spacial score (nSPS) is 17.7. The van der Waals surface area contributed by atoms with E-state index in [0.717, 1.165) is 37.5 Å². The van der Waals surface area contributed by atoms with Crippen molar-refractivity contribution in [3.05, 3.63) is 276 Å². The van der Waals surface area contributed by atoms with Crippen molar-refractivity contribution in [3.63, 3.8) is 0 Å². The van der Waals surface area contributed by atoms with Crippen LogP contribution in [0.2, 0.25) is 0 Å². The molecule has 0 saturated heterocycles. The van der Waals surface area contributed by atoms with Crippen molar-refractivity contribution in [2.45, 2.75) is 76.5 Å². The van der Waals surface area contributed by atoms with Crippen LogP contribution in [0.5, 0.6) is 0 Å². The summed E-state index contributed by atoms with van der Waals surface area (Å²) >= 11 is 0. The number of benzene rings is 10. The second-order valence-electron chi connectivity index (χ2n) is 22.7. The molecule has 0 aliphatic heterocycles. The van der Waals surface area contributed by atoms with Crippen molar-refractivity contribution >= 4 is 34.1 Å². The molecule has 2 heteroatoms. The summed E-state index contributed by atoms with van der Waals surface area (Å²) in [6, 6.07) is 89.7. The first kappa shape index (κ1) is 46.3. The molecule has 0 radical (unpaired) electrons. The molecule has 0 aromatic heterocycles.